The topological polar surface area (TPSA) is 353 Å². The van der Waals surface area contributed by atoms with E-state index in [1.807, 2.05) is 180 Å². The van der Waals surface area contributed by atoms with Gasteiger partial charge in [-0.3, -0.25) is 29.8 Å². The maximum atomic E-state index is 12.6. The lowest BCUT2D eigenvalue weighted by Crippen LogP contribution is -2.47. The van der Waals surface area contributed by atoms with Gasteiger partial charge >= 0.3 is 0 Å². The van der Waals surface area contributed by atoms with E-state index in [1.165, 1.54) is 44.5 Å². The minimum absolute atomic E-state index is 0.0389. The molecule has 0 aliphatic carbocycles. The summed E-state index contributed by atoms with van der Waals surface area (Å²) in [6.45, 7) is 30.7. The number of hydrogen-bond acceptors (Lipinski definition) is 14. The maximum Gasteiger partial charge on any atom is 0.228 e. The van der Waals surface area contributed by atoms with E-state index in [9.17, 15) is 31.4 Å². The molecule has 0 unspecified atom stereocenters. The van der Waals surface area contributed by atoms with Crippen molar-refractivity contribution < 1.29 is 50.4 Å². The lowest BCUT2D eigenvalue weighted by molar-refractivity contribution is 0.272. The first-order valence-electron chi connectivity index (χ1n) is 50.0. The molecule has 9 aromatic carbocycles. The fraction of sp³-hybridized carbons (Fsp3) is 0.400. The highest BCUT2D eigenvalue weighted by molar-refractivity contribution is 9.10. The molecule has 794 valence electrons. The predicted molar refractivity (Wildman–Crippen MR) is 609 cm³/mol. The Hall–Kier alpha value is -12.9. The number of halogens is 9. The summed E-state index contributed by atoms with van der Waals surface area (Å²) in [7, 11) is 0. The van der Waals surface area contributed by atoms with Crippen molar-refractivity contribution in [3.05, 3.63) is 288 Å². The number of alkyl halides is 6. The van der Waals surface area contributed by atoms with Gasteiger partial charge in [-0.05, 0) is 293 Å². The molecular weight excluding hydrogens is 2020 g/mol. The zero-order valence-corrected chi connectivity index (χ0v) is 90.9. The van der Waals surface area contributed by atoms with Gasteiger partial charge in [0.15, 0.2) is 0 Å². The van der Waals surface area contributed by atoms with Crippen LogP contribution in [0.1, 0.15) is 195 Å². The van der Waals surface area contributed by atoms with E-state index in [-0.39, 0.29) is 38.9 Å². The largest absolute Gasteiger partial charge is 0.508 e. The van der Waals surface area contributed by atoms with Gasteiger partial charge < -0.3 is 87.6 Å². The number of aromatic hydroxyl groups is 1. The van der Waals surface area contributed by atoms with Gasteiger partial charge in [0.05, 0.1) is 79.6 Å². The highest BCUT2D eigenvalue weighted by Gasteiger charge is 2.19. The summed E-state index contributed by atoms with van der Waals surface area (Å²) in [6.07, 6.45) is 20.7. The molecule has 0 bridgehead atoms. The fourth-order valence-electron chi connectivity index (χ4n) is 14.6. The van der Waals surface area contributed by atoms with Crippen LogP contribution in [0.2, 0.25) is 5.02 Å². The van der Waals surface area contributed by atoms with Crippen molar-refractivity contribution in [2.45, 2.75) is 211 Å². The van der Waals surface area contributed by atoms with Crippen LogP contribution < -0.4 is 46.8 Å². The molecule has 1 saturated heterocycles. The quantitative estimate of drug-likeness (QED) is 0.00560. The minimum Gasteiger partial charge on any atom is -0.508 e. The third-order valence-electron chi connectivity index (χ3n) is 22.6. The van der Waals surface area contributed by atoms with E-state index in [0.717, 1.165) is 198 Å². The number of aromatic amines is 2. The monoisotopic (exact) mass is 2170 g/mol. The van der Waals surface area contributed by atoms with Crippen molar-refractivity contribution in [3.8, 4) is 28.7 Å². The lowest BCUT2D eigenvalue weighted by atomic mass is 10.1. The van der Waals surface area contributed by atoms with Gasteiger partial charge in [0.1, 0.15) is 88.5 Å². The fourth-order valence-corrected chi connectivity index (χ4v) is 15.8. The molecule has 0 atom stereocenters. The number of aryl methyl sites for hydroxylation is 7. The third kappa shape index (κ3) is 49.9. The number of nitrogens with one attached hydrogen (secondary N) is 6. The van der Waals surface area contributed by atoms with Gasteiger partial charge in [-0.2, -0.15) is 0 Å². The molecule has 147 heavy (non-hydrogen) atoms. The first-order valence-corrected chi connectivity index (χ1v) is 52.0. The van der Waals surface area contributed by atoms with Crippen molar-refractivity contribution in [2.24, 2.45) is 42.9 Å². The van der Waals surface area contributed by atoms with Crippen LogP contribution in [-0.2, 0) is 64.8 Å². The minimum atomic E-state index is -0.573. The van der Waals surface area contributed by atoms with Crippen LogP contribution in [0.4, 0.5) is 37.7 Å². The second kappa shape index (κ2) is 72.4. The van der Waals surface area contributed by atoms with Crippen molar-refractivity contribution in [2.75, 3.05) is 97.6 Å². The molecular formula is C115H151Br2ClF6N18O5. The molecule has 15 N–H and O–H groups in total. The summed E-state index contributed by atoms with van der Waals surface area (Å²) in [5.41, 5.74) is 40.9. The number of ether oxygens (including phenoxy) is 4. The molecule has 12 aromatic rings. The Morgan fingerprint density at radius 1 is 0.456 bits per heavy atom. The Kier molecular flexibility index (Phi) is 61.3. The maximum absolute atomic E-state index is 12.6. The van der Waals surface area contributed by atoms with Gasteiger partial charge in [0, 0.05) is 135 Å². The second-order valence-corrected chi connectivity index (χ2v) is 36.9. The zero-order chi connectivity index (χ0) is 108. The van der Waals surface area contributed by atoms with Gasteiger partial charge in [-0.25, -0.2) is 26.8 Å². The van der Waals surface area contributed by atoms with Crippen molar-refractivity contribution in [3.63, 3.8) is 0 Å². The molecule has 0 saturated carbocycles. The van der Waals surface area contributed by atoms with E-state index in [1.54, 1.807) is 44.2 Å². The van der Waals surface area contributed by atoms with E-state index in [0.29, 0.717) is 109 Å². The average Bonchev–Trinajstić information content (AvgIpc) is 1.63. The molecule has 0 spiro atoms. The third-order valence-corrected chi connectivity index (χ3v) is 24.0. The molecule has 4 heterocycles. The van der Waals surface area contributed by atoms with Crippen LogP contribution in [0.5, 0.6) is 28.7 Å². The Morgan fingerprint density at radius 3 is 1.41 bits per heavy atom. The highest BCUT2D eigenvalue weighted by atomic mass is 79.9. The number of piperazine rings is 1. The van der Waals surface area contributed by atoms with Gasteiger partial charge in [0.2, 0.25) is 5.69 Å². The molecule has 1 aliphatic rings. The molecule has 1 fully saturated rings. The van der Waals surface area contributed by atoms with Crippen molar-refractivity contribution >= 4 is 134 Å². The van der Waals surface area contributed by atoms with Gasteiger partial charge in [-0.15, -0.1) is 0 Å². The Morgan fingerprint density at radius 2 is 0.932 bits per heavy atom. The van der Waals surface area contributed by atoms with Crippen LogP contribution in [-0.4, -0.2) is 164 Å². The number of nitrogens with zero attached hydrogens (tertiary/aromatic N) is 8. The number of phenols is 1. The van der Waals surface area contributed by atoms with Gasteiger partial charge in [-0.1, -0.05) is 147 Å². The highest BCUT2D eigenvalue weighted by Crippen LogP contribution is 2.33. The first-order chi connectivity index (χ1) is 70.9. The molecule has 32 heteroatoms. The summed E-state index contributed by atoms with van der Waals surface area (Å²) >= 11 is 12.6. The van der Waals surface area contributed by atoms with Crippen LogP contribution in [0, 0.1) is 35.1 Å². The summed E-state index contributed by atoms with van der Waals surface area (Å²) in [6, 6.07) is 60.3. The number of unbranched alkanes of at least 4 members (excludes halogenated alkanes) is 1. The van der Waals surface area contributed by atoms with Crippen LogP contribution in [0.3, 0.4) is 0 Å². The number of rotatable bonds is 44. The number of amidine groups is 5. The normalized spacial score (nSPS) is 11.7. The number of H-pyrrole nitrogens is 2. The predicted octanol–water partition coefficient (Wildman–Crippen LogP) is 28.3. The lowest BCUT2D eigenvalue weighted by Gasteiger charge is -2.36. The molecule has 1 aliphatic heterocycles. The van der Waals surface area contributed by atoms with E-state index in [2.05, 4.69) is 133 Å². The second-order valence-electron chi connectivity index (χ2n) is 34.7. The zero-order valence-electron chi connectivity index (χ0n) is 87.0. The molecule has 13 rings (SSSR count). The Labute approximate surface area is 887 Å². The van der Waals surface area contributed by atoms with Gasteiger partial charge in [0.25, 0.3) is 0 Å². The SMILES string of the molecule is CC(=N)CCCc1c[nH]c2ccc(OCCF)cc12.CC(=N)CCCc1cn(CCF)c2ccc(O)cc12.CC(=N)CCc1ccc(OCCF)c(Br)c1.CC(=N)N1CCN(c2ccc(CCCCF)cc2)CC1.CCC(N)=NCc1cccc(Br)c1.CCC(N)=NCc1cccc(C)c1.CCC(N)=NCc1cccc(Cl)c1.CCCc1c[nH]c2ccc(OCCF)cc12.[C-]#[N+]c1cc(CN=C(N)CC)ccc1OCCF. The van der Waals surface area contributed by atoms with E-state index < -0.39 is 33.4 Å². The summed E-state index contributed by atoms with van der Waals surface area (Å²) < 4.78 is 97.4. The summed E-state index contributed by atoms with van der Waals surface area (Å²) in [5.74, 6) is 6.09. The van der Waals surface area contributed by atoms with Crippen LogP contribution >= 0.6 is 43.5 Å². The number of anilines is 1. The number of hydrogen-bond donors (Lipinski definition) is 11. The number of aromatic nitrogens is 3. The van der Waals surface area contributed by atoms with Crippen LogP contribution in [0.15, 0.2) is 236 Å². The number of nitrogens with two attached hydrogens (primary N) is 4. The van der Waals surface area contributed by atoms with Crippen LogP contribution in [0.25, 0.3) is 37.6 Å². The summed E-state index contributed by atoms with van der Waals surface area (Å²) in [4.78, 5) is 31.1. The molecule has 0 radical (unpaired) electrons. The van der Waals surface area contributed by atoms with Crippen molar-refractivity contribution in [1.82, 2.24) is 19.4 Å². The van der Waals surface area contributed by atoms with Crippen molar-refractivity contribution in [1.29, 1.82) is 21.6 Å². The first kappa shape index (κ1) is 125. The smallest absolute Gasteiger partial charge is 0.228 e. The average molecular weight is 2170 g/mol. The Bertz CT molecular complexity index is 5950. The number of benzene rings is 9. The van der Waals surface area contributed by atoms with E-state index in [4.69, 9.17) is 81.7 Å². The standard InChI is InChI=1S/C16H24FN3.2C15H19FN2O.C13H16FN3O.C13H16FNO.C12H15BrFNO.C11H16N2.C10H13BrN2.C10H13ClN2/c1-14(18)19-10-12-20(13-11-19)16-7-5-15(6-8-16)4-2-3-9-17;1-11(17)3-2-4-12-10-18-15-6-5-13(9-14(12)15)19-8-7-16;1-11(17)3-2-4-12-10-18(8-7-16)15-6-5-13(19)9-14(12)15;1-3-13(15)17-9-10-4-5-12(18-7-6-14)11(8-10)16-2;1-2-3-10-9-15-13-5-4-11(8-12(10)13)16-7-6-14;1-9(15)2-3-10-4-5-12(11(13)8-10)16-7-6-14;1-3-11(12)13-8-10-6-4-5-9(2)7-10;2*1-2-10(12)13-7-8-4-3-5-9(11)6-8/h5-8,18H,2-4,9-13H2,1H3;5-6,9-10,17-18H,2-4,7-8H2,1H3;5-6,9-10,17,19H,2-4,7-8H2,1H3;4-5,8H,3,6-7,9H2,1H3,(H2,15,17);4-5,8-9,15H,2-3,6-7H2,1H3;4-5,8,15H,2-3,6-7H2,1H3;4-7H,3,8H2,1-2H3,(H2,12,13);2*3-6H,2,7H2,1H3,(H2,12,13). The summed E-state index contributed by atoms with van der Waals surface area (Å²) in [5, 5.41) is 43.5. The molecule has 0 amide bonds. The number of phenolic OH excluding ortho intramolecular Hbond substituents is 1. The number of fused-ring (bicyclic) bond motifs is 3. The number of aliphatic imine (C=N–C) groups is 4. The Balaban J connectivity index is 0.000000292. The molecule has 23 nitrogen and oxygen atoms in total. The molecule has 3 aromatic heterocycles. The van der Waals surface area contributed by atoms with E-state index >= 15 is 0 Å².